The molecule has 20 heavy (non-hydrogen) atoms. The molecule has 3 rings (SSSR count). The van der Waals surface area contributed by atoms with Crippen molar-refractivity contribution in [3.8, 4) is 0 Å². The molecule has 0 saturated heterocycles. The number of H-pyrrole nitrogens is 1. The van der Waals surface area contributed by atoms with Crippen LogP contribution in [0.15, 0.2) is 24.9 Å². The van der Waals surface area contributed by atoms with Crippen LogP contribution in [-0.2, 0) is 17.8 Å². The molecule has 102 valence electrons. The number of imidazole rings is 1. The Morgan fingerprint density at radius 2 is 2.20 bits per heavy atom. The third-order valence-corrected chi connectivity index (χ3v) is 3.23. The second kappa shape index (κ2) is 4.72. The molecule has 1 atom stereocenters. The van der Waals surface area contributed by atoms with E-state index >= 15 is 0 Å². The first kappa shape index (κ1) is 12.3. The maximum Gasteiger partial charge on any atom is 0.326 e. The molecule has 0 spiro atoms. The molecule has 1 aliphatic rings. The van der Waals surface area contributed by atoms with E-state index in [9.17, 15) is 14.7 Å². The molecule has 0 bridgehead atoms. The van der Waals surface area contributed by atoms with Crippen molar-refractivity contribution >= 4 is 11.9 Å². The summed E-state index contributed by atoms with van der Waals surface area (Å²) in [5.41, 5.74) is 1.56. The minimum absolute atomic E-state index is 0.127. The van der Waals surface area contributed by atoms with Gasteiger partial charge in [-0.2, -0.15) is 0 Å². The number of carboxylic acids is 1. The Kier molecular flexibility index (Phi) is 2.90. The summed E-state index contributed by atoms with van der Waals surface area (Å²) in [5, 5.41) is 9.30. The predicted molar refractivity (Wildman–Crippen MR) is 65.6 cm³/mol. The Bertz CT molecular complexity index is 654. The van der Waals surface area contributed by atoms with Crippen LogP contribution in [0.3, 0.4) is 0 Å². The average molecular weight is 273 g/mol. The van der Waals surface area contributed by atoms with E-state index in [0.29, 0.717) is 5.69 Å². The summed E-state index contributed by atoms with van der Waals surface area (Å²) in [6.07, 6.45) is 5.85. The number of rotatable bonds is 2. The van der Waals surface area contributed by atoms with Crippen LogP contribution in [0, 0.1) is 0 Å². The van der Waals surface area contributed by atoms with E-state index in [-0.39, 0.29) is 18.7 Å². The van der Waals surface area contributed by atoms with Gasteiger partial charge in [0, 0.05) is 18.8 Å². The maximum absolute atomic E-state index is 12.4. The normalized spacial score (nSPS) is 17.6. The molecule has 8 heteroatoms. The molecule has 8 nitrogen and oxygen atoms in total. The number of carboxylic acid groups (broad SMARTS) is 1. The van der Waals surface area contributed by atoms with E-state index < -0.39 is 17.9 Å². The molecular weight excluding hydrogens is 262 g/mol. The molecule has 1 aliphatic heterocycles. The van der Waals surface area contributed by atoms with Gasteiger partial charge >= 0.3 is 5.97 Å². The molecule has 0 aliphatic carbocycles. The fourth-order valence-corrected chi connectivity index (χ4v) is 2.23. The topological polar surface area (TPSA) is 112 Å². The highest BCUT2D eigenvalue weighted by Gasteiger charge is 2.36. The van der Waals surface area contributed by atoms with E-state index in [2.05, 4.69) is 19.9 Å². The lowest BCUT2D eigenvalue weighted by molar-refractivity contribution is -0.142. The molecule has 2 N–H and O–H groups in total. The van der Waals surface area contributed by atoms with E-state index in [1.807, 2.05) is 0 Å². The lowest BCUT2D eigenvalue weighted by Crippen LogP contribution is -2.49. The van der Waals surface area contributed by atoms with Crippen LogP contribution in [-0.4, -0.2) is 47.9 Å². The third kappa shape index (κ3) is 2.00. The highest BCUT2D eigenvalue weighted by molar-refractivity contribution is 5.95. The predicted octanol–water partition coefficient (Wildman–Crippen LogP) is -0.149. The zero-order valence-electron chi connectivity index (χ0n) is 10.4. The third-order valence-electron chi connectivity index (χ3n) is 3.23. The first-order valence-corrected chi connectivity index (χ1v) is 5.97. The van der Waals surface area contributed by atoms with Crippen molar-refractivity contribution in [2.75, 3.05) is 0 Å². The smallest absolute Gasteiger partial charge is 0.326 e. The SMILES string of the molecule is O=C(O)C1Cc2nc[nH]c2CN1C(=O)c1cnccn1. The first-order chi connectivity index (χ1) is 9.66. The molecular formula is C12H11N5O3. The molecule has 1 unspecified atom stereocenters. The van der Waals surface area contributed by atoms with Crippen molar-refractivity contribution < 1.29 is 14.7 Å². The summed E-state index contributed by atoms with van der Waals surface area (Å²) in [7, 11) is 0. The second-order valence-electron chi connectivity index (χ2n) is 4.41. The number of carbonyl (C=O) groups excluding carboxylic acids is 1. The zero-order valence-corrected chi connectivity index (χ0v) is 10.4. The number of amides is 1. The molecule has 2 aromatic heterocycles. The second-order valence-corrected chi connectivity index (χ2v) is 4.41. The molecule has 0 radical (unpaired) electrons. The van der Waals surface area contributed by atoms with E-state index in [1.165, 1.54) is 29.8 Å². The number of aliphatic carboxylic acids is 1. The van der Waals surface area contributed by atoms with Gasteiger partial charge in [-0.15, -0.1) is 0 Å². The molecule has 0 aromatic carbocycles. The first-order valence-electron chi connectivity index (χ1n) is 5.97. The highest BCUT2D eigenvalue weighted by Crippen LogP contribution is 2.22. The number of fused-ring (bicyclic) bond motifs is 1. The summed E-state index contributed by atoms with van der Waals surface area (Å²) >= 11 is 0. The number of nitrogens with zero attached hydrogens (tertiary/aromatic N) is 4. The van der Waals surface area contributed by atoms with Crippen LogP contribution in [0.5, 0.6) is 0 Å². The number of nitrogens with one attached hydrogen (secondary N) is 1. The summed E-state index contributed by atoms with van der Waals surface area (Å²) in [4.78, 5) is 39.7. The number of carbonyl (C=O) groups is 2. The zero-order chi connectivity index (χ0) is 14.1. The fourth-order valence-electron chi connectivity index (χ4n) is 2.23. The average Bonchev–Trinajstić information content (AvgIpc) is 2.93. The van der Waals surface area contributed by atoms with Gasteiger partial charge in [0.25, 0.3) is 5.91 Å². The monoisotopic (exact) mass is 273 g/mol. The molecule has 2 aromatic rings. The summed E-state index contributed by atoms with van der Waals surface area (Å²) in [6, 6.07) is -0.944. The number of aromatic amines is 1. The Morgan fingerprint density at radius 1 is 1.35 bits per heavy atom. The van der Waals surface area contributed by atoms with Gasteiger partial charge in [-0.25, -0.2) is 14.8 Å². The van der Waals surface area contributed by atoms with Gasteiger partial charge in [0.1, 0.15) is 11.7 Å². The van der Waals surface area contributed by atoms with Gasteiger partial charge in [0.2, 0.25) is 0 Å². The van der Waals surface area contributed by atoms with Crippen LogP contribution in [0.25, 0.3) is 0 Å². The van der Waals surface area contributed by atoms with E-state index in [1.54, 1.807) is 0 Å². The van der Waals surface area contributed by atoms with E-state index in [0.717, 1.165) is 5.69 Å². The highest BCUT2D eigenvalue weighted by atomic mass is 16.4. The Morgan fingerprint density at radius 3 is 2.90 bits per heavy atom. The number of aromatic nitrogens is 4. The van der Waals surface area contributed by atoms with Crippen LogP contribution >= 0.6 is 0 Å². The lowest BCUT2D eigenvalue weighted by Gasteiger charge is -2.31. The summed E-state index contributed by atoms with van der Waals surface area (Å²) in [6.45, 7) is 0.168. The van der Waals surface area contributed by atoms with Gasteiger partial charge in [-0.05, 0) is 0 Å². The molecule has 1 amide bonds. The Labute approximate surface area is 113 Å². The van der Waals surface area contributed by atoms with Gasteiger partial charge in [0.05, 0.1) is 30.5 Å². The number of hydrogen-bond acceptors (Lipinski definition) is 5. The van der Waals surface area contributed by atoms with Gasteiger partial charge in [0.15, 0.2) is 0 Å². The minimum atomic E-state index is -1.06. The minimum Gasteiger partial charge on any atom is -0.480 e. The standard InChI is InChI=1S/C12H11N5O3/c18-11(8-4-13-1-2-14-8)17-5-9-7(15-6-16-9)3-10(17)12(19)20/h1-2,4,6,10H,3,5H2,(H,15,16)(H,19,20). The van der Waals surface area contributed by atoms with Crippen molar-refractivity contribution in [2.24, 2.45) is 0 Å². The van der Waals surface area contributed by atoms with Gasteiger partial charge in [-0.1, -0.05) is 0 Å². The molecule has 0 fully saturated rings. The summed E-state index contributed by atoms with van der Waals surface area (Å²) < 4.78 is 0. The number of hydrogen-bond donors (Lipinski definition) is 2. The Hall–Kier alpha value is -2.77. The van der Waals surface area contributed by atoms with Crippen LogP contribution < -0.4 is 0 Å². The molecule has 3 heterocycles. The fraction of sp³-hybridized carbons (Fsp3) is 0.250. The molecule has 0 saturated carbocycles. The van der Waals surface area contributed by atoms with Crippen LogP contribution in [0.4, 0.5) is 0 Å². The van der Waals surface area contributed by atoms with Crippen LogP contribution in [0.2, 0.25) is 0 Å². The lowest BCUT2D eigenvalue weighted by atomic mass is 10.0. The van der Waals surface area contributed by atoms with Crippen molar-refractivity contribution in [1.82, 2.24) is 24.8 Å². The van der Waals surface area contributed by atoms with Gasteiger partial charge < -0.3 is 15.0 Å². The maximum atomic E-state index is 12.4. The summed E-state index contributed by atoms with van der Waals surface area (Å²) in [5.74, 6) is -1.51. The van der Waals surface area contributed by atoms with Crippen molar-refractivity contribution in [3.63, 3.8) is 0 Å². The largest absolute Gasteiger partial charge is 0.480 e. The Balaban J connectivity index is 1.95. The van der Waals surface area contributed by atoms with Crippen LogP contribution in [0.1, 0.15) is 21.9 Å². The quantitative estimate of drug-likeness (QED) is 0.787. The van der Waals surface area contributed by atoms with E-state index in [4.69, 9.17) is 0 Å². The van der Waals surface area contributed by atoms with Gasteiger partial charge in [-0.3, -0.25) is 9.78 Å². The van der Waals surface area contributed by atoms with Crippen molar-refractivity contribution in [1.29, 1.82) is 0 Å². The van der Waals surface area contributed by atoms with Crippen molar-refractivity contribution in [3.05, 3.63) is 42.0 Å². The van der Waals surface area contributed by atoms with Crippen molar-refractivity contribution in [2.45, 2.75) is 19.0 Å².